The Morgan fingerprint density at radius 3 is 2.61 bits per heavy atom. The minimum atomic E-state index is -3.73. The largest absolute Gasteiger partial charge is 0.355 e. The van der Waals surface area contributed by atoms with Crippen LogP contribution in [0.3, 0.4) is 0 Å². The molecule has 2 rings (SSSR count). The number of nitrogens with zero attached hydrogens (tertiary/aromatic N) is 2. The van der Waals surface area contributed by atoms with E-state index in [1.54, 1.807) is 19.2 Å². The van der Waals surface area contributed by atoms with Crippen molar-refractivity contribution in [2.24, 2.45) is 7.05 Å². The minimum Gasteiger partial charge on any atom is -0.355 e. The highest BCUT2D eigenvalue weighted by atomic mass is 35.5. The maximum absolute atomic E-state index is 11.9. The molecule has 0 fully saturated rings. The van der Waals surface area contributed by atoms with Crippen LogP contribution in [-0.4, -0.2) is 37.2 Å². The first kappa shape index (κ1) is 17.5. The summed E-state index contributed by atoms with van der Waals surface area (Å²) in [5.41, 5.74) is 1.03. The standard InChI is InChI=1S/C14H17ClN4O3S/c1-19-10-13(8-17-19)23(21,22)18-9-14(20)16-7-6-11-2-4-12(15)5-3-11/h2-5,8,10,18H,6-7,9H2,1H3,(H,16,20). The highest BCUT2D eigenvalue weighted by molar-refractivity contribution is 7.89. The number of benzene rings is 1. The molecule has 0 saturated carbocycles. The molecule has 0 saturated heterocycles. The van der Waals surface area contributed by atoms with Gasteiger partial charge in [0.25, 0.3) is 0 Å². The maximum atomic E-state index is 11.9. The van der Waals surface area contributed by atoms with Crippen LogP contribution in [0, 0.1) is 0 Å². The van der Waals surface area contributed by atoms with Gasteiger partial charge in [0.15, 0.2) is 0 Å². The highest BCUT2D eigenvalue weighted by Gasteiger charge is 2.16. The van der Waals surface area contributed by atoms with Crippen molar-refractivity contribution >= 4 is 27.5 Å². The molecule has 2 N–H and O–H groups in total. The SMILES string of the molecule is Cn1cc(S(=O)(=O)NCC(=O)NCCc2ccc(Cl)cc2)cn1. The zero-order valence-electron chi connectivity index (χ0n) is 12.5. The Kier molecular flexibility index (Phi) is 5.75. The molecule has 1 amide bonds. The molecular formula is C14H17ClN4O3S. The molecule has 1 heterocycles. The van der Waals surface area contributed by atoms with E-state index in [0.29, 0.717) is 18.0 Å². The van der Waals surface area contributed by atoms with E-state index in [-0.39, 0.29) is 11.4 Å². The molecule has 9 heteroatoms. The molecule has 2 aromatic rings. The summed E-state index contributed by atoms with van der Waals surface area (Å²) in [5, 5.41) is 7.10. The first-order valence-electron chi connectivity index (χ1n) is 6.86. The van der Waals surface area contributed by atoms with Crippen LogP contribution < -0.4 is 10.0 Å². The molecule has 0 aliphatic carbocycles. The van der Waals surface area contributed by atoms with E-state index in [2.05, 4.69) is 15.1 Å². The Morgan fingerprint density at radius 1 is 1.30 bits per heavy atom. The second kappa shape index (κ2) is 7.58. The van der Waals surface area contributed by atoms with Crippen LogP contribution in [0.1, 0.15) is 5.56 Å². The lowest BCUT2D eigenvalue weighted by atomic mass is 10.1. The molecular weight excluding hydrogens is 340 g/mol. The summed E-state index contributed by atoms with van der Waals surface area (Å²) in [7, 11) is -2.11. The number of rotatable bonds is 7. The molecule has 0 atom stereocenters. The quantitative estimate of drug-likeness (QED) is 0.764. The summed E-state index contributed by atoms with van der Waals surface area (Å²) >= 11 is 5.79. The van der Waals surface area contributed by atoms with Gasteiger partial charge >= 0.3 is 0 Å². The third kappa shape index (κ3) is 5.34. The molecule has 1 aromatic heterocycles. The van der Waals surface area contributed by atoms with Crippen LogP contribution >= 0.6 is 11.6 Å². The first-order valence-corrected chi connectivity index (χ1v) is 8.72. The summed E-state index contributed by atoms with van der Waals surface area (Å²) in [6.07, 6.45) is 3.22. The van der Waals surface area contributed by atoms with Gasteiger partial charge in [-0.25, -0.2) is 13.1 Å². The summed E-state index contributed by atoms with van der Waals surface area (Å²) in [6.45, 7) is 0.0902. The van der Waals surface area contributed by atoms with Gasteiger partial charge in [-0.05, 0) is 24.1 Å². The molecule has 124 valence electrons. The average molecular weight is 357 g/mol. The Morgan fingerprint density at radius 2 is 2.00 bits per heavy atom. The van der Waals surface area contributed by atoms with Crippen molar-refractivity contribution in [2.75, 3.05) is 13.1 Å². The van der Waals surface area contributed by atoms with Crippen molar-refractivity contribution in [1.29, 1.82) is 0 Å². The van der Waals surface area contributed by atoms with Gasteiger partial charge in [0.1, 0.15) is 4.90 Å². The van der Waals surface area contributed by atoms with Gasteiger partial charge in [-0.15, -0.1) is 0 Å². The van der Waals surface area contributed by atoms with Gasteiger partial charge in [0.05, 0.1) is 12.7 Å². The Bertz CT molecular complexity index is 772. The van der Waals surface area contributed by atoms with E-state index in [9.17, 15) is 13.2 Å². The smallest absolute Gasteiger partial charge is 0.244 e. The molecule has 23 heavy (non-hydrogen) atoms. The average Bonchev–Trinajstić information content (AvgIpc) is 2.95. The van der Waals surface area contributed by atoms with Crippen LogP contribution in [0.2, 0.25) is 5.02 Å². The van der Waals surface area contributed by atoms with E-state index in [4.69, 9.17) is 11.6 Å². The molecule has 0 bridgehead atoms. The number of carbonyl (C=O) groups is 1. The number of aromatic nitrogens is 2. The number of aryl methyl sites for hydroxylation is 1. The second-order valence-electron chi connectivity index (χ2n) is 4.90. The second-order valence-corrected chi connectivity index (χ2v) is 7.10. The maximum Gasteiger partial charge on any atom is 0.244 e. The highest BCUT2D eigenvalue weighted by Crippen LogP contribution is 2.09. The third-order valence-electron chi connectivity index (χ3n) is 3.06. The third-order valence-corrected chi connectivity index (χ3v) is 4.67. The zero-order chi connectivity index (χ0) is 16.9. The molecule has 0 aliphatic rings. The predicted molar refractivity (Wildman–Crippen MR) is 86.6 cm³/mol. The van der Waals surface area contributed by atoms with Crippen molar-refractivity contribution in [3.63, 3.8) is 0 Å². The van der Waals surface area contributed by atoms with Crippen molar-refractivity contribution < 1.29 is 13.2 Å². The van der Waals surface area contributed by atoms with Gasteiger partial charge in [-0.1, -0.05) is 23.7 Å². The summed E-state index contributed by atoms with van der Waals surface area (Å²) < 4.78 is 27.5. The fourth-order valence-electron chi connectivity index (χ4n) is 1.84. The molecule has 0 radical (unpaired) electrons. The van der Waals surface area contributed by atoms with Crippen molar-refractivity contribution in [2.45, 2.75) is 11.3 Å². The summed E-state index contributed by atoms with van der Waals surface area (Å²) in [4.78, 5) is 11.7. The van der Waals surface area contributed by atoms with Gasteiger partial charge < -0.3 is 5.32 Å². The lowest BCUT2D eigenvalue weighted by Crippen LogP contribution is -2.37. The number of halogens is 1. The number of sulfonamides is 1. The lowest BCUT2D eigenvalue weighted by Gasteiger charge is -2.07. The zero-order valence-corrected chi connectivity index (χ0v) is 14.1. The normalized spacial score (nSPS) is 11.4. The lowest BCUT2D eigenvalue weighted by molar-refractivity contribution is -0.119. The number of nitrogens with one attached hydrogen (secondary N) is 2. The van der Waals surface area contributed by atoms with E-state index >= 15 is 0 Å². The van der Waals surface area contributed by atoms with Gasteiger partial charge in [-0.3, -0.25) is 9.48 Å². The fraction of sp³-hybridized carbons (Fsp3) is 0.286. The van der Waals surface area contributed by atoms with Crippen LogP contribution in [-0.2, 0) is 28.3 Å². The minimum absolute atomic E-state index is 0.0222. The topological polar surface area (TPSA) is 93.1 Å². The molecule has 7 nitrogen and oxygen atoms in total. The molecule has 0 aliphatic heterocycles. The Hall–Kier alpha value is -1.90. The van der Waals surface area contributed by atoms with Crippen LogP contribution in [0.15, 0.2) is 41.6 Å². The number of amides is 1. The van der Waals surface area contributed by atoms with Gasteiger partial charge in [-0.2, -0.15) is 5.10 Å². The first-order chi connectivity index (χ1) is 10.9. The van der Waals surface area contributed by atoms with Crippen LogP contribution in [0.4, 0.5) is 0 Å². The van der Waals surface area contributed by atoms with Crippen molar-refractivity contribution in [3.05, 3.63) is 47.2 Å². The fourth-order valence-corrected chi connectivity index (χ4v) is 2.93. The van der Waals surface area contributed by atoms with E-state index in [1.165, 1.54) is 17.1 Å². The van der Waals surface area contributed by atoms with E-state index < -0.39 is 15.9 Å². The Balaban J connectivity index is 1.75. The predicted octanol–water partition coefficient (Wildman–Crippen LogP) is 0.711. The molecule has 0 unspecified atom stereocenters. The van der Waals surface area contributed by atoms with Gasteiger partial charge in [0.2, 0.25) is 15.9 Å². The Labute approximate surface area is 139 Å². The summed E-state index contributed by atoms with van der Waals surface area (Å²) in [6, 6.07) is 7.31. The molecule has 0 spiro atoms. The van der Waals surface area contributed by atoms with Crippen LogP contribution in [0.5, 0.6) is 0 Å². The molecule has 1 aromatic carbocycles. The van der Waals surface area contributed by atoms with Crippen molar-refractivity contribution in [3.8, 4) is 0 Å². The number of carbonyl (C=O) groups excluding carboxylic acids is 1. The van der Waals surface area contributed by atoms with E-state index in [1.807, 2.05) is 12.1 Å². The monoisotopic (exact) mass is 356 g/mol. The van der Waals surface area contributed by atoms with Crippen molar-refractivity contribution in [1.82, 2.24) is 19.8 Å². The van der Waals surface area contributed by atoms with Crippen LogP contribution in [0.25, 0.3) is 0 Å². The number of hydrogen-bond acceptors (Lipinski definition) is 4. The number of hydrogen-bond donors (Lipinski definition) is 2. The van der Waals surface area contributed by atoms with Gasteiger partial charge in [0, 0.05) is 24.8 Å². The van der Waals surface area contributed by atoms with E-state index in [0.717, 1.165) is 5.56 Å². The summed E-state index contributed by atoms with van der Waals surface area (Å²) in [5.74, 6) is -0.397.